The number of carboxylic acids is 1. The quantitative estimate of drug-likeness (QED) is 0.789. The maximum atomic E-state index is 12.6. The Morgan fingerprint density at radius 3 is 2.78 bits per heavy atom. The predicted octanol–water partition coefficient (Wildman–Crippen LogP) is 2.94. The van der Waals surface area contributed by atoms with Crippen LogP contribution in [0.5, 0.6) is 5.75 Å². The van der Waals surface area contributed by atoms with Gasteiger partial charge in [-0.05, 0) is 50.6 Å². The molecule has 1 aliphatic rings. The van der Waals surface area contributed by atoms with Crippen LogP contribution < -0.4 is 10.1 Å². The molecule has 0 saturated carbocycles. The van der Waals surface area contributed by atoms with Gasteiger partial charge in [0, 0.05) is 17.5 Å². The summed E-state index contributed by atoms with van der Waals surface area (Å²) >= 11 is 1.37. The van der Waals surface area contributed by atoms with Gasteiger partial charge in [0.2, 0.25) is 5.91 Å². The van der Waals surface area contributed by atoms with E-state index in [1.165, 1.54) is 11.3 Å². The highest BCUT2D eigenvalue weighted by molar-refractivity contribution is 7.14. The molecule has 8 heteroatoms. The summed E-state index contributed by atoms with van der Waals surface area (Å²) in [5, 5.41) is 14.5. The van der Waals surface area contributed by atoms with Crippen molar-refractivity contribution in [1.29, 1.82) is 0 Å². The van der Waals surface area contributed by atoms with Crippen molar-refractivity contribution in [2.75, 3.05) is 25.5 Å². The molecular weight excluding hydrogens is 366 g/mol. The standard InChI is InChI=1S/C19H23N3O4S/c1-12(22-9-3-4-14(10-22)18(24)25)17(23)21-19-20-16(11-27-19)13-5-7-15(26-2)8-6-13/h5-8,11-12,14H,3-4,9-10H2,1-2H3,(H,24,25)(H,20,21,23). The number of hydrogen-bond acceptors (Lipinski definition) is 6. The van der Waals surface area contributed by atoms with Gasteiger partial charge in [-0.25, -0.2) is 4.98 Å². The lowest BCUT2D eigenvalue weighted by molar-refractivity contribution is -0.144. The number of carbonyl (C=O) groups is 2. The summed E-state index contributed by atoms with van der Waals surface area (Å²) in [5.41, 5.74) is 1.73. The first kappa shape index (κ1) is 19.3. The molecule has 2 atom stereocenters. The Hall–Kier alpha value is -2.45. The molecule has 144 valence electrons. The second-order valence-corrected chi connectivity index (χ2v) is 7.46. The molecule has 2 aromatic rings. The molecule has 2 heterocycles. The van der Waals surface area contributed by atoms with Crippen LogP contribution in [-0.2, 0) is 9.59 Å². The van der Waals surface area contributed by atoms with Crippen molar-refractivity contribution in [2.45, 2.75) is 25.8 Å². The minimum absolute atomic E-state index is 0.170. The second-order valence-electron chi connectivity index (χ2n) is 6.60. The van der Waals surface area contributed by atoms with Crippen LogP contribution >= 0.6 is 11.3 Å². The van der Waals surface area contributed by atoms with Crippen LogP contribution in [0.1, 0.15) is 19.8 Å². The highest BCUT2D eigenvalue weighted by Gasteiger charge is 2.30. The van der Waals surface area contributed by atoms with Gasteiger partial charge in [-0.1, -0.05) is 0 Å². The van der Waals surface area contributed by atoms with E-state index in [-0.39, 0.29) is 5.91 Å². The molecule has 1 saturated heterocycles. The average molecular weight is 389 g/mol. The number of piperidine rings is 1. The molecule has 7 nitrogen and oxygen atoms in total. The number of methoxy groups -OCH3 is 1. The highest BCUT2D eigenvalue weighted by Crippen LogP contribution is 2.27. The van der Waals surface area contributed by atoms with E-state index < -0.39 is 17.9 Å². The number of benzene rings is 1. The Balaban J connectivity index is 1.62. The minimum atomic E-state index is -0.795. The van der Waals surface area contributed by atoms with E-state index in [2.05, 4.69) is 10.3 Å². The van der Waals surface area contributed by atoms with Gasteiger partial charge in [-0.2, -0.15) is 0 Å². The zero-order valence-corrected chi connectivity index (χ0v) is 16.2. The molecule has 2 unspecified atom stereocenters. The van der Waals surface area contributed by atoms with E-state index in [0.29, 0.717) is 18.1 Å². The Morgan fingerprint density at radius 1 is 1.37 bits per heavy atom. The summed E-state index contributed by atoms with van der Waals surface area (Å²) in [6, 6.07) is 7.17. The molecule has 1 aromatic carbocycles. The fourth-order valence-corrected chi connectivity index (χ4v) is 3.88. The third-order valence-electron chi connectivity index (χ3n) is 4.85. The zero-order chi connectivity index (χ0) is 19.4. The number of ether oxygens (including phenoxy) is 1. The Morgan fingerprint density at radius 2 is 2.11 bits per heavy atom. The fourth-order valence-electron chi connectivity index (χ4n) is 3.16. The van der Waals surface area contributed by atoms with Gasteiger partial charge in [0.15, 0.2) is 5.13 Å². The summed E-state index contributed by atoms with van der Waals surface area (Å²) < 4.78 is 5.15. The summed E-state index contributed by atoms with van der Waals surface area (Å²) in [7, 11) is 1.62. The SMILES string of the molecule is COc1ccc(-c2csc(NC(=O)C(C)N3CCCC(C(=O)O)C3)n2)cc1. The van der Waals surface area contributed by atoms with Gasteiger partial charge in [-0.3, -0.25) is 14.5 Å². The van der Waals surface area contributed by atoms with Crippen LogP contribution in [0.15, 0.2) is 29.6 Å². The van der Waals surface area contributed by atoms with E-state index in [4.69, 9.17) is 4.74 Å². The van der Waals surface area contributed by atoms with E-state index >= 15 is 0 Å². The van der Waals surface area contributed by atoms with Crippen LogP contribution in [0.2, 0.25) is 0 Å². The number of rotatable bonds is 6. The number of aliphatic carboxylic acids is 1. The number of nitrogens with zero attached hydrogens (tertiary/aromatic N) is 2. The molecule has 0 radical (unpaired) electrons. The maximum Gasteiger partial charge on any atom is 0.307 e. The molecule has 0 spiro atoms. The third-order valence-corrected chi connectivity index (χ3v) is 5.61. The van der Waals surface area contributed by atoms with Gasteiger partial charge >= 0.3 is 5.97 Å². The molecule has 1 aromatic heterocycles. The van der Waals surface area contributed by atoms with Crippen LogP contribution in [0.25, 0.3) is 11.3 Å². The normalized spacial score (nSPS) is 18.7. The van der Waals surface area contributed by atoms with Crippen molar-refractivity contribution < 1.29 is 19.4 Å². The highest BCUT2D eigenvalue weighted by atomic mass is 32.1. The first-order valence-corrected chi connectivity index (χ1v) is 9.73. The lowest BCUT2D eigenvalue weighted by atomic mass is 9.97. The van der Waals surface area contributed by atoms with Gasteiger partial charge in [0.25, 0.3) is 0 Å². The largest absolute Gasteiger partial charge is 0.497 e. The summed E-state index contributed by atoms with van der Waals surface area (Å²) in [5.74, 6) is -0.596. The van der Waals surface area contributed by atoms with Crippen LogP contribution in [-0.4, -0.2) is 53.1 Å². The van der Waals surface area contributed by atoms with Crippen LogP contribution in [0.4, 0.5) is 5.13 Å². The molecule has 1 aliphatic heterocycles. The number of aromatic nitrogens is 1. The number of likely N-dealkylation sites (tertiary alicyclic amines) is 1. The summed E-state index contributed by atoms with van der Waals surface area (Å²) in [4.78, 5) is 30.2. The van der Waals surface area contributed by atoms with Crippen molar-refractivity contribution in [2.24, 2.45) is 5.92 Å². The lowest BCUT2D eigenvalue weighted by Crippen LogP contribution is -2.48. The Bertz CT molecular complexity index is 806. The van der Waals surface area contributed by atoms with E-state index in [0.717, 1.165) is 30.0 Å². The number of carboxylic acid groups (broad SMARTS) is 1. The molecule has 1 amide bonds. The number of carbonyl (C=O) groups excluding carboxylic acids is 1. The first-order valence-electron chi connectivity index (χ1n) is 8.85. The van der Waals surface area contributed by atoms with Crippen LogP contribution in [0.3, 0.4) is 0 Å². The fraction of sp³-hybridized carbons (Fsp3) is 0.421. The third kappa shape index (κ3) is 4.64. The summed E-state index contributed by atoms with van der Waals surface area (Å²) in [6.45, 7) is 2.93. The van der Waals surface area contributed by atoms with Gasteiger partial charge in [0.05, 0.1) is 24.8 Å². The number of nitrogens with one attached hydrogen (secondary N) is 1. The Kier molecular flexibility index (Phi) is 6.08. The molecular formula is C19H23N3O4S. The van der Waals surface area contributed by atoms with Crippen molar-refractivity contribution in [3.05, 3.63) is 29.6 Å². The van der Waals surface area contributed by atoms with Crippen molar-refractivity contribution in [3.63, 3.8) is 0 Å². The number of anilines is 1. The van der Waals surface area contributed by atoms with Crippen LogP contribution in [0, 0.1) is 5.92 Å². The second kappa shape index (κ2) is 8.49. The monoisotopic (exact) mass is 389 g/mol. The van der Waals surface area contributed by atoms with Gasteiger partial charge in [0.1, 0.15) is 5.75 Å². The maximum absolute atomic E-state index is 12.6. The molecule has 3 rings (SSSR count). The Labute approximate surface area is 162 Å². The summed E-state index contributed by atoms with van der Waals surface area (Å²) in [6.07, 6.45) is 1.45. The van der Waals surface area contributed by atoms with Gasteiger partial charge in [-0.15, -0.1) is 11.3 Å². The predicted molar refractivity (Wildman–Crippen MR) is 104 cm³/mol. The molecule has 1 fully saturated rings. The van der Waals surface area contributed by atoms with Crippen molar-refractivity contribution in [1.82, 2.24) is 9.88 Å². The van der Waals surface area contributed by atoms with E-state index in [9.17, 15) is 14.7 Å². The minimum Gasteiger partial charge on any atom is -0.497 e. The molecule has 2 N–H and O–H groups in total. The smallest absolute Gasteiger partial charge is 0.307 e. The number of amides is 1. The molecule has 0 aliphatic carbocycles. The topological polar surface area (TPSA) is 91.8 Å². The van der Waals surface area contributed by atoms with Gasteiger partial charge < -0.3 is 15.2 Å². The molecule has 0 bridgehead atoms. The van der Waals surface area contributed by atoms with Crippen molar-refractivity contribution in [3.8, 4) is 17.0 Å². The average Bonchev–Trinajstić information content (AvgIpc) is 3.16. The molecule has 27 heavy (non-hydrogen) atoms. The van der Waals surface area contributed by atoms with Crippen molar-refractivity contribution >= 4 is 28.3 Å². The lowest BCUT2D eigenvalue weighted by Gasteiger charge is -2.34. The van der Waals surface area contributed by atoms with E-state index in [1.807, 2.05) is 34.5 Å². The van der Waals surface area contributed by atoms with E-state index in [1.54, 1.807) is 14.0 Å². The first-order chi connectivity index (χ1) is 13.0. The number of thiazole rings is 1. The zero-order valence-electron chi connectivity index (χ0n) is 15.3. The number of hydrogen-bond donors (Lipinski definition) is 2.